The molecule has 2 rings (SSSR count). The van der Waals surface area contributed by atoms with Crippen LogP contribution in [0.25, 0.3) is 0 Å². The van der Waals surface area contributed by atoms with Gasteiger partial charge in [0.25, 0.3) is 0 Å². The third kappa shape index (κ3) is 3.50. The topological polar surface area (TPSA) is 37.8 Å². The van der Waals surface area contributed by atoms with Crippen molar-refractivity contribution >= 4 is 0 Å². The van der Waals surface area contributed by atoms with E-state index in [9.17, 15) is 0 Å². The van der Waals surface area contributed by atoms with Crippen LogP contribution in [0.15, 0.2) is 6.07 Å². The molecule has 0 aromatic carbocycles. The van der Waals surface area contributed by atoms with Crippen LogP contribution in [0.2, 0.25) is 0 Å². The van der Waals surface area contributed by atoms with Crippen molar-refractivity contribution in [2.45, 2.75) is 65.0 Å². The third-order valence-corrected chi connectivity index (χ3v) is 3.07. The molecule has 0 radical (unpaired) electrons. The summed E-state index contributed by atoms with van der Waals surface area (Å²) in [5.74, 6) is 2.13. The maximum Gasteiger partial charge on any atom is 0.142 e. The van der Waals surface area contributed by atoms with Crippen molar-refractivity contribution in [2.24, 2.45) is 0 Å². The molecule has 1 aliphatic rings. The monoisotopic (exact) mass is 233 g/mol. The fraction of sp³-hybridized carbons (Fsp3) is 0.714. The van der Waals surface area contributed by atoms with E-state index >= 15 is 0 Å². The Morgan fingerprint density at radius 3 is 2.47 bits per heavy atom. The summed E-state index contributed by atoms with van der Waals surface area (Å²) in [7, 11) is 0. The van der Waals surface area contributed by atoms with Crippen LogP contribution in [0.1, 0.15) is 69.6 Å². The van der Waals surface area contributed by atoms with Crippen LogP contribution in [-0.2, 0) is 6.54 Å². The van der Waals surface area contributed by atoms with Crippen LogP contribution in [0.3, 0.4) is 0 Å². The van der Waals surface area contributed by atoms with Crippen molar-refractivity contribution < 1.29 is 0 Å². The van der Waals surface area contributed by atoms with E-state index in [1.807, 2.05) is 0 Å². The molecule has 94 valence electrons. The Balaban J connectivity index is 2.18. The highest BCUT2D eigenvalue weighted by Gasteiger charge is 2.26. The largest absolute Gasteiger partial charge is 0.308 e. The standard InChI is InChI=1S/C14H23N3/c1-9(2)12-7-13(11-5-6-11)17-14(16-12)8-15-10(3)4/h7,9-11,15H,5-6,8H2,1-4H3. The van der Waals surface area contributed by atoms with Gasteiger partial charge in [-0.25, -0.2) is 9.97 Å². The van der Waals surface area contributed by atoms with E-state index < -0.39 is 0 Å². The molecule has 1 saturated carbocycles. The summed E-state index contributed by atoms with van der Waals surface area (Å²) < 4.78 is 0. The molecule has 0 atom stereocenters. The van der Waals surface area contributed by atoms with E-state index in [4.69, 9.17) is 0 Å². The number of nitrogens with zero attached hydrogens (tertiary/aromatic N) is 2. The van der Waals surface area contributed by atoms with E-state index in [2.05, 4.69) is 49.0 Å². The maximum atomic E-state index is 4.68. The van der Waals surface area contributed by atoms with Crippen molar-refractivity contribution in [1.82, 2.24) is 15.3 Å². The lowest BCUT2D eigenvalue weighted by molar-refractivity contribution is 0.567. The molecule has 0 spiro atoms. The summed E-state index contributed by atoms with van der Waals surface area (Å²) in [4.78, 5) is 9.32. The molecule has 1 N–H and O–H groups in total. The van der Waals surface area contributed by atoms with E-state index in [0.29, 0.717) is 17.9 Å². The van der Waals surface area contributed by atoms with Gasteiger partial charge < -0.3 is 5.32 Å². The van der Waals surface area contributed by atoms with Crippen molar-refractivity contribution in [3.63, 3.8) is 0 Å². The van der Waals surface area contributed by atoms with Crippen molar-refractivity contribution in [2.75, 3.05) is 0 Å². The molecule has 1 aromatic rings. The van der Waals surface area contributed by atoms with Crippen LogP contribution < -0.4 is 5.32 Å². The highest BCUT2D eigenvalue weighted by atomic mass is 15.0. The van der Waals surface area contributed by atoms with Gasteiger partial charge in [-0.3, -0.25) is 0 Å². The molecule has 3 heteroatoms. The SMILES string of the molecule is CC(C)NCc1nc(C(C)C)cc(C2CC2)n1. The van der Waals surface area contributed by atoms with E-state index in [1.54, 1.807) is 0 Å². The lowest BCUT2D eigenvalue weighted by atomic mass is 10.1. The van der Waals surface area contributed by atoms with Crippen LogP contribution in [0, 0.1) is 0 Å². The smallest absolute Gasteiger partial charge is 0.142 e. The molecule has 1 aliphatic carbocycles. The zero-order chi connectivity index (χ0) is 12.4. The number of hydrogen-bond donors (Lipinski definition) is 1. The zero-order valence-corrected chi connectivity index (χ0v) is 11.3. The van der Waals surface area contributed by atoms with Crippen molar-refractivity contribution in [1.29, 1.82) is 0 Å². The first-order valence-corrected chi connectivity index (χ1v) is 6.67. The Morgan fingerprint density at radius 2 is 1.94 bits per heavy atom. The van der Waals surface area contributed by atoms with Gasteiger partial charge in [0.1, 0.15) is 5.82 Å². The fourth-order valence-corrected chi connectivity index (χ4v) is 1.80. The van der Waals surface area contributed by atoms with Gasteiger partial charge in [0.05, 0.1) is 6.54 Å². The van der Waals surface area contributed by atoms with Gasteiger partial charge in [0, 0.05) is 23.3 Å². The Labute approximate surface area is 104 Å². The van der Waals surface area contributed by atoms with Gasteiger partial charge in [-0.15, -0.1) is 0 Å². The van der Waals surface area contributed by atoms with Gasteiger partial charge in [-0.2, -0.15) is 0 Å². The molecule has 0 saturated heterocycles. The summed E-state index contributed by atoms with van der Waals surface area (Å²) in [5.41, 5.74) is 2.44. The molecule has 0 bridgehead atoms. The van der Waals surface area contributed by atoms with Crippen LogP contribution in [0.4, 0.5) is 0 Å². The zero-order valence-electron chi connectivity index (χ0n) is 11.3. The first-order valence-electron chi connectivity index (χ1n) is 6.67. The van der Waals surface area contributed by atoms with E-state index in [-0.39, 0.29) is 0 Å². The normalized spacial score (nSPS) is 15.9. The Bertz CT molecular complexity index is 361. The molecule has 0 unspecified atom stereocenters. The van der Waals surface area contributed by atoms with Gasteiger partial charge in [-0.1, -0.05) is 27.7 Å². The Kier molecular flexibility index (Phi) is 3.77. The maximum absolute atomic E-state index is 4.68. The second-order valence-electron chi connectivity index (χ2n) is 5.60. The molecule has 3 nitrogen and oxygen atoms in total. The molecule has 0 aliphatic heterocycles. The minimum absolute atomic E-state index is 0.477. The number of nitrogens with one attached hydrogen (secondary N) is 1. The summed E-state index contributed by atoms with van der Waals surface area (Å²) in [6.07, 6.45) is 2.59. The third-order valence-electron chi connectivity index (χ3n) is 3.07. The van der Waals surface area contributed by atoms with Crippen molar-refractivity contribution in [3.8, 4) is 0 Å². The molecule has 17 heavy (non-hydrogen) atoms. The molecular formula is C14H23N3. The molecule has 1 heterocycles. The average molecular weight is 233 g/mol. The lowest BCUT2D eigenvalue weighted by Crippen LogP contribution is -2.23. The quantitative estimate of drug-likeness (QED) is 0.849. The predicted octanol–water partition coefficient (Wildman–Crippen LogP) is 2.98. The molecular weight excluding hydrogens is 210 g/mol. The van der Waals surface area contributed by atoms with Crippen LogP contribution >= 0.6 is 0 Å². The highest BCUT2D eigenvalue weighted by molar-refractivity contribution is 5.21. The number of rotatable bonds is 5. The van der Waals surface area contributed by atoms with Gasteiger partial charge in [0.2, 0.25) is 0 Å². The minimum atomic E-state index is 0.477. The van der Waals surface area contributed by atoms with Crippen molar-refractivity contribution in [3.05, 3.63) is 23.3 Å². The minimum Gasteiger partial charge on any atom is -0.308 e. The van der Waals surface area contributed by atoms with E-state index in [0.717, 1.165) is 12.4 Å². The van der Waals surface area contributed by atoms with E-state index in [1.165, 1.54) is 24.2 Å². The summed E-state index contributed by atoms with van der Waals surface area (Å²) in [5, 5.41) is 3.39. The number of hydrogen-bond acceptors (Lipinski definition) is 3. The lowest BCUT2D eigenvalue weighted by Gasteiger charge is -2.12. The number of aromatic nitrogens is 2. The van der Waals surface area contributed by atoms with Crippen LogP contribution in [-0.4, -0.2) is 16.0 Å². The molecule has 0 amide bonds. The summed E-state index contributed by atoms with van der Waals surface area (Å²) in [6.45, 7) is 9.46. The molecule has 1 aromatic heterocycles. The summed E-state index contributed by atoms with van der Waals surface area (Å²) in [6, 6.07) is 2.67. The average Bonchev–Trinajstić information content (AvgIpc) is 3.09. The highest BCUT2D eigenvalue weighted by Crippen LogP contribution is 2.39. The van der Waals surface area contributed by atoms with Gasteiger partial charge in [-0.05, 0) is 24.8 Å². The Morgan fingerprint density at radius 1 is 1.24 bits per heavy atom. The summed E-state index contributed by atoms with van der Waals surface area (Å²) >= 11 is 0. The fourth-order valence-electron chi connectivity index (χ4n) is 1.80. The Hall–Kier alpha value is -0.960. The predicted molar refractivity (Wildman–Crippen MR) is 70.1 cm³/mol. The molecule has 1 fully saturated rings. The second kappa shape index (κ2) is 5.13. The van der Waals surface area contributed by atoms with Gasteiger partial charge >= 0.3 is 0 Å². The van der Waals surface area contributed by atoms with Gasteiger partial charge in [0.15, 0.2) is 0 Å². The second-order valence-corrected chi connectivity index (χ2v) is 5.60. The van der Waals surface area contributed by atoms with Crippen LogP contribution in [0.5, 0.6) is 0 Å². The first-order chi connectivity index (χ1) is 8.06. The first kappa shape index (κ1) is 12.5.